The van der Waals surface area contributed by atoms with Crippen LogP contribution in [-0.4, -0.2) is 54.5 Å². The van der Waals surface area contributed by atoms with E-state index < -0.39 is 30.3 Å². The van der Waals surface area contributed by atoms with Crippen LogP contribution >= 0.6 is 0 Å². The van der Waals surface area contributed by atoms with Gasteiger partial charge in [0.2, 0.25) is 5.91 Å². The van der Waals surface area contributed by atoms with E-state index in [1.54, 1.807) is 0 Å². The lowest BCUT2D eigenvalue weighted by molar-refractivity contribution is -0.148. The van der Waals surface area contributed by atoms with Gasteiger partial charge < -0.3 is 25.2 Å². The van der Waals surface area contributed by atoms with Gasteiger partial charge >= 0.3 is 12.1 Å². The number of ether oxygens (including phenoxy) is 2. The molecule has 8 heteroatoms. The highest BCUT2D eigenvalue weighted by molar-refractivity contribution is 5.87. The van der Waals surface area contributed by atoms with Gasteiger partial charge in [0.05, 0.1) is 6.04 Å². The van der Waals surface area contributed by atoms with Gasteiger partial charge in [-0.15, -0.1) is 0 Å². The number of aliphatic carboxylic acids is 1. The maximum absolute atomic E-state index is 13.0. The summed E-state index contributed by atoms with van der Waals surface area (Å²) in [6.07, 6.45) is 1.35. The van der Waals surface area contributed by atoms with E-state index in [2.05, 4.69) is 34.9 Å². The van der Waals surface area contributed by atoms with Crippen molar-refractivity contribution in [1.29, 1.82) is 0 Å². The Bertz CT molecular complexity index is 1050. The Morgan fingerprint density at radius 1 is 1.00 bits per heavy atom. The van der Waals surface area contributed by atoms with Crippen LogP contribution in [0, 0.1) is 5.92 Å². The summed E-state index contributed by atoms with van der Waals surface area (Å²) in [5, 5.41) is 14.8. The lowest BCUT2D eigenvalue weighted by Gasteiger charge is -2.34. The highest BCUT2D eigenvalue weighted by atomic mass is 16.5. The van der Waals surface area contributed by atoms with Gasteiger partial charge in [-0.1, -0.05) is 55.0 Å². The van der Waals surface area contributed by atoms with Gasteiger partial charge in [-0.3, -0.25) is 4.79 Å². The van der Waals surface area contributed by atoms with E-state index >= 15 is 0 Å². The van der Waals surface area contributed by atoms with Crippen LogP contribution in [0.25, 0.3) is 11.1 Å². The molecule has 5 rings (SSSR count). The van der Waals surface area contributed by atoms with E-state index in [-0.39, 0.29) is 31.0 Å². The Labute approximate surface area is 197 Å². The fourth-order valence-electron chi connectivity index (χ4n) is 5.19. The lowest BCUT2D eigenvalue weighted by atomic mass is 9.79. The number of amides is 2. The number of carboxylic acids is 1. The van der Waals surface area contributed by atoms with Gasteiger partial charge in [0, 0.05) is 12.5 Å². The van der Waals surface area contributed by atoms with E-state index in [0.29, 0.717) is 6.42 Å². The second-order valence-electron chi connectivity index (χ2n) is 9.17. The highest BCUT2D eigenvalue weighted by Gasteiger charge is 2.40. The second kappa shape index (κ2) is 9.46. The summed E-state index contributed by atoms with van der Waals surface area (Å²) < 4.78 is 10.8. The summed E-state index contributed by atoms with van der Waals surface area (Å²) in [7, 11) is 0. The number of carboxylic acid groups (broad SMARTS) is 1. The summed E-state index contributed by atoms with van der Waals surface area (Å²) in [4.78, 5) is 37.1. The zero-order valence-corrected chi connectivity index (χ0v) is 18.7. The van der Waals surface area contributed by atoms with Gasteiger partial charge in [-0.25, -0.2) is 9.59 Å². The van der Waals surface area contributed by atoms with E-state index in [1.807, 2.05) is 24.3 Å². The fourth-order valence-corrected chi connectivity index (χ4v) is 5.19. The average Bonchev–Trinajstić information content (AvgIpc) is 3.39. The van der Waals surface area contributed by atoms with Crippen LogP contribution in [0.1, 0.15) is 42.7 Å². The van der Waals surface area contributed by atoms with Crippen molar-refractivity contribution in [2.75, 3.05) is 13.2 Å². The topological polar surface area (TPSA) is 114 Å². The summed E-state index contributed by atoms with van der Waals surface area (Å²) in [6.45, 7) is 0.437. The molecule has 1 aliphatic heterocycles. The third kappa shape index (κ3) is 4.25. The number of benzene rings is 2. The van der Waals surface area contributed by atoms with Crippen LogP contribution in [0.5, 0.6) is 0 Å². The number of rotatable bonds is 7. The predicted molar refractivity (Wildman–Crippen MR) is 123 cm³/mol. The molecule has 34 heavy (non-hydrogen) atoms. The molecule has 1 saturated carbocycles. The minimum Gasteiger partial charge on any atom is -0.479 e. The Balaban J connectivity index is 1.24. The molecule has 3 N–H and O–H groups in total. The van der Waals surface area contributed by atoms with Gasteiger partial charge in [-0.2, -0.15) is 0 Å². The number of hydrogen-bond acceptors (Lipinski definition) is 5. The van der Waals surface area contributed by atoms with Crippen molar-refractivity contribution in [3.8, 4) is 11.1 Å². The summed E-state index contributed by atoms with van der Waals surface area (Å²) in [5.41, 5.74) is 4.52. The fraction of sp³-hybridized carbons (Fsp3) is 0.423. The third-order valence-electron chi connectivity index (χ3n) is 7.18. The molecule has 1 saturated heterocycles. The Morgan fingerprint density at radius 3 is 2.24 bits per heavy atom. The Morgan fingerprint density at radius 2 is 1.65 bits per heavy atom. The number of hydrogen-bond donors (Lipinski definition) is 3. The maximum atomic E-state index is 13.0. The molecular weight excluding hydrogens is 436 g/mol. The predicted octanol–water partition coefficient (Wildman–Crippen LogP) is 3.05. The molecule has 0 aromatic heterocycles. The van der Waals surface area contributed by atoms with Crippen molar-refractivity contribution >= 4 is 18.0 Å². The first-order chi connectivity index (χ1) is 16.5. The largest absolute Gasteiger partial charge is 0.479 e. The molecule has 2 amide bonds. The standard InChI is InChI=1S/C26H28N2O6/c29-24(27-21-12-13-33-23(21)25(30)31)22(15-6-5-7-15)28-26(32)34-14-20-18-10-3-1-8-16(18)17-9-2-4-11-19(17)20/h1-4,8-11,15,20-23H,5-7,12-14H2,(H,27,29)(H,28,32)(H,30,31). The van der Waals surface area contributed by atoms with Crippen LogP contribution in [0.2, 0.25) is 0 Å². The monoisotopic (exact) mass is 464 g/mol. The summed E-state index contributed by atoms with van der Waals surface area (Å²) in [6, 6.07) is 14.8. The van der Waals surface area contributed by atoms with Crippen LogP contribution in [0.15, 0.2) is 48.5 Å². The molecule has 0 spiro atoms. The Kier molecular flexibility index (Phi) is 6.24. The van der Waals surface area contributed by atoms with Crippen molar-refractivity contribution in [3.63, 3.8) is 0 Å². The molecule has 3 atom stereocenters. The van der Waals surface area contributed by atoms with Crippen molar-refractivity contribution < 1.29 is 29.0 Å². The zero-order valence-electron chi connectivity index (χ0n) is 18.7. The normalized spacial score (nSPS) is 22.2. The van der Waals surface area contributed by atoms with Gasteiger partial charge in [-0.05, 0) is 47.4 Å². The maximum Gasteiger partial charge on any atom is 0.407 e. The molecule has 1 heterocycles. The number of alkyl carbamates (subject to hydrolysis) is 1. The van der Waals surface area contributed by atoms with Crippen molar-refractivity contribution in [3.05, 3.63) is 59.7 Å². The minimum atomic E-state index is -1.10. The minimum absolute atomic E-state index is 0.00563. The molecule has 2 aromatic rings. The second-order valence-corrected chi connectivity index (χ2v) is 9.17. The number of fused-ring (bicyclic) bond motifs is 3. The average molecular weight is 465 g/mol. The molecule has 0 radical (unpaired) electrons. The van der Waals surface area contributed by atoms with Crippen LogP contribution in [-0.2, 0) is 19.1 Å². The molecule has 2 aromatic carbocycles. The molecule has 3 unspecified atom stereocenters. The molecule has 8 nitrogen and oxygen atoms in total. The summed E-state index contributed by atoms with van der Waals surface area (Å²) >= 11 is 0. The number of carbonyl (C=O) groups is 3. The van der Waals surface area contributed by atoms with Gasteiger partial charge in [0.25, 0.3) is 0 Å². The SMILES string of the molecule is O=C(NC(C(=O)NC1CCOC1C(=O)O)C1CCC1)OCC1c2ccccc2-c2ccccc21. The molecule has 0 bridgehead atoms. The molecule has 2 fully saturated rings. The van der Waals surface area contributed by atoms with E-state index in [0.717, 1.165) is 41.5 Å². The van der Waals surface area contributed by atoms with Crippen molar-refractivity contribution in [2.24, 2.45) is 5.92 Å². The first kappa shape index (κ1) is 22.4. The first-order valence-electron chi connectivity index (χ1n) is 11.8. The summed E-state index contributed by atoms with van der Waals surface area (Å²) in [5.74, 6) is -1.56. The smallest absolute Gasteiger partial charge is 0.407 e. The van der Waals surface area contributed by atoms with Gasteiger partial charge in [0.15, 0.2) is 6.10 Å². The molecule has 178 valence electrons. The van der Waals surface area contributed by atoms with Crippen LogP contribution < -0.4 is 10.6 Å². The lowest BCUT2D eigenvalue weighted by Crippen LogP contribution is -2.56. The molecule has 3 aliphatic rings. The quantitative estimate of drug-likeness (QED) is 0.580. The van der Waals surface area contributed by atoms with E-state index in [9.17, 15) is 19.5 Å². The number of nitrogens with one attached hydrogen (secondary N) is 2. The van der Waals surface area contributed by atoms with Crippen LogP contribution in [0.4, 0.5) is 4.79 Å². The van der Waals surface area contributed by atoms with E-state index in [1.165, 1.54) is 0 Å². The molecule has 2 aliphatic carbocycles. The van der Waals surface area contributed by atoms with Crippen molar-refractivity contribution in [1.82, 2.24) is 10.6 Å². The van der Waals surface area contributed by atoms with Crippen LogP contribution in [0.3, 0.4) is 0 Å². The van der Waals surface area contributed by atoms with Crippen molar-refractivity contribution in [2.45, 2.75) is 49.8 Å². The first-order valence-corrected chi connectivity index (χ1v) is 11.8. The molecular formula is C26H28N2O6. The third-order valence-corrected chi connectivity index (χ3v) is 7.18. The highest BCUT2D eigenvalue weighted by Crippen LogP contribution is 2.44. The van der Waals surface area contributed by atoms with Gasteiger partial charge in [0.1, 0.15) is 12.6 Å². The van der Waals surface area contributed by atoms with E-state index in [4.69, 9.17) is 9.47 Å². The number of carbonyl (C=O) groups excluding carboxylic acids is 2. The zero-order chi connectivity index (χ0) is 23.7. The Hall–Kier alpha value is -3.39.